The summed E-state index contributed by atoms with van der Waals surface area (Å²) in [4.78, 5) is 11.5. The highest BCUT2D eigenvalue weighted by molar-refractivity contribution is 5.69. The monoisotopic (exact) mass is 228 g/mol. The van der Waals surface area contributed by atoms with E-state index in [0.717, 1.165) is 31.6 Å². The van der Waals surface area contributed by atoms with E-state index in [0.29, 0.717) is 6.42 Å². The molecule has 0 aliphatic heterocycles. The summed E-state index contributed by atoms with van der Waals surface area (Å²) in [6.07, 6.45) is 5.62. The molecule has 0 spiro atoms. The Hall–Kier alpha value is -0.530. The maximum absolute atomic E-state index is 11.5. The van der Waals surface area contributed by atoms with E-state index >= 15 is 0 Å². The van der Waals surface area contributed by atoms with Crippen LogP contribution in [0.5, 0.6) is 0 Å². The Morgan fingerprint density at radius 2 is 1.94 bits per heavy atom. The molecule has 0 aromatic heterocycles. The highest BCUT2D eigenvalue weighted by Gasteiger charge is 2.26. The number of carbonyl (C=O) groups is 1. The lowest BCUT2D eigenvalue weighted by Crippen LogP contribution is -2.31. The zero-order valence-corrected chi connectivity index (χ0v) is 11.6. The number of carbonyl (C=O) groups excluding carboxylic acids is 1. The van der Waals surface area contributed by atoms with Gasteiger partial charge in [0.25, 0.3) is 0 Å². The van der Waals surface area contributed by atoms with Crippen molar-refractivity contribution >= 4 is 5.97 Å². The first-order valence-electron chi connectivity index (χ1n) is 6.69. The summed E-state index contributed by atoms with van der Waals surface area (Å²) in [5.74, 6) is 0.673. The molecule has 2 atom stereocenters. The van der Waals surface area contributed by atoms with Crippen molar-refractivity contribution < 1.29 is 9.53 Å². The van der Waals surface area contributed by atoms with Crippen molar-refractivity contribution in [2.45, 2.75) is 78.7 Å². The Bertz CT molecular complexity index is 201. The van der Waals surface area contributed by atoms with E-state index in [1.54, 1.807) is 0 Å². The average Bonchev–Trinajstić information content (AvgIpc) is 2.26. The van der Waals surface area contributed by atoms with Crippen LogP contribution in [0.4, 0.5) is 0 Å². The lowest BCUT2D eigenvalue weighted by Gasteiger charge is -2.29. The molecule has 2 unspecified atom stereocenters. The predicted molar refractivity (Wildman–Crippen MR) is 68.4 cm³/mol. The smallest absolute Gasteiger partial charge is 0.306 e. The van der Waals surface area contributed by atoms with Crippen LogP contribution in [0.2, 0.25) is 0 Å². The fourth-order valence-electron chi connectivity index (χ4n) is 1.59. The average molecular weight is 228 g/mol. The minimum Gasteiger partial charge on any atom is -0.459 e. The molecule has 96 valence electrons. The van der Waals surface area contributed by atoms with Crippen LogP contribution in [0.15, 0.2) is 0 Å². The summed E-state index contributed by atoms with van der Waals surface area (Å²) in [6, 6.07) is 0. The Morgan fingerprint density at radius 1 is 1.31 bits per heavy atom. The van der Waals surface area contributed by atoms with Gasteiger partial charge in [0.2, 0.25) is 0 Å². The third-order valence-electron chi connectivity index (χ3n) is 3.43. The van der Waals surface area contributed by atoms with Crippen LogP contribution in [0.3, 0.4) is 0 Å². The molecule has 0 aromatic carbocycles. The van der Waals surface area contributed by atoms with E-state index in [1.807, 2.05) is 6.92 Å². The largest absolute Gasteiger partial charge is 0.459 e. The zero-order chi connectivity index (χ0) is 12.6. The Balaban J connectivity index is 4.14. The first-order chi connectivity index (χ1) is 7.47. The van der Waals surface area contributed by atoms with Gasteiger partial charge in [-0.2, -0.15) is 0 Å². The highest BCUT2D eigenvalue weighted by atomic mass is 16.6. The zero-order valence-electron chi connectivity index (χ0n) is 11.6. The molecule has 2 nitrogen and oxygen atoms in total. The van der Waals surface area contributed by atoms with E-state index < -0.39 is 0 Å². The lowest BCUT2D eigenvalue weighted by molar-refractivity contribution is -0.159. The lowest BCUT2D eigenvalue weighted by atomic mass is 9.91. The first kappa shape index (κ1) is 15.5. The van der Waals surface area contributed by atoms with Gasteiger partial charge in [0.05, 0.1) is 0 Å². The number of ether oxygens (including phenoxy) is 1. The van der Waals surface area contributed by atoms with Crippen molar-refractivity contribution in [1.29, 1.82) is 0 Å². The maximum atomic E-state index is 11.5. The Kier molecular flexibility index (Phi) is 7.44. The molecule has 2 heteroatoms. The van der Waals surface area contributed by atoms with E-state index in [9.17, 15) is 4.79 Å². The van der Waals surface area contributed by atoms with Crippen LogP contribution in [0, 0.1) is 5.92 Å². The SMILES string of the molecule is CCCC(=O)OC(C)(CC)CCC(C)CC. The molecule has 0 fully saturated rings. The number of hydrogen-bond donors (Lipinski definition) is 0. The standard InChI is InChI=1S/C14H28O2/c1-6-9-13(15)16-14(5,8-3)11-10-12(4)7-2/h12H,6-11H2,1-5H3. The minimum atomic E-state index is -0.254. The molecule has 0 aliphatic carbocycles. The van der Waals surface area contributed by atoms with Gasteiger partial charge in [-0.3, -0.25) is 4.79 Å². The molecule has 0 bridgehead atoms. The molecule has 0 aliphatic rings. The Labute approximate surface area is 101 Å². The summed E-state index contributed by atoms with van der Waals surface area (Å²) in [5.41, 5.74) is -0.254. The van der Waals surface area contributed by atoms with Crippen LogP contribution in [0.1, 0.15) is 73.1 Å². The van der Waals surface area contributed by atoms with Crippen molar-refractivity contribution in [1.82, 2.24) is 0 Å². The predicted octanol–water partition coefficient (Wildman–Crippen LogP) is 4.32. The molecule has 0 radical (unpaired) electrons. The van der Waals surface area contributed by atoms with Gasteiger partial charge in [-0.15, -0.1) is 0 Å². The molecule has 0 N–H and O–H groups in total. The van der Waals surface area contributed by atoms with E-state index in [-0.39, 0.29) is 11.6 Å². The van der Waals surface area contributed by atoms with Gasteiger partial charge in [0.1, 0.15) is 5.60 Å². The van der Waals surface area contributed by atoms with Crippen LogP contribution in [0.25, 0.3) is 0 Å². The van der Waals surface area contributed by atoms with Crippen LogP contribution in [-0.4, -0.2) is 11.6 Å². The van der Waals surface area contributed by atoms with Crippen LogP contribution < -0.4 is 0 Å². The molecule has 0 saturated heterocycles. The summed E-state index contributed by atoms with van der Waals surface area (Å²) in [5, 5.41) is 0. The van der Waals surface area contributed by atoms with Gasteiger partial charge in [-0.25, -0.2) is 0 Å². The Morgan fingerprint density at radius 3 is 2.38 bits per heavy atom. The van der Waals surface area contributed by atoms with Crippen molar-refractivity contribution in [3.05, 3.63) is 0 Å². The molecule has 0 aromatic rings. The molecular formula is C14H28O2. The summed E-state index contributed by atoms with van der Waals surface area (Å²) >= 11 is 0. The normalized spacial score (nSPS) is 16.6. The van der Waals surface area contributed by atoms with Crippen molar-refractivity contribution in [3.8, 4) is 0 Å². The van der Waals surface area contributed by atoms with Crippen LogP contribution >= 0.6 is 0 Å². The number of hydrogen-bond acceptors (Lipinski definition) is 2. The van der Waals surface area contributed by atoms with Gasteiger partial charge < -0.3 is 4.74 Å². The van der Waals surface area contributed by atoms with Gasteiger partial charge in [0, 0.05) is 6.42 Å². The van der Waals surface area contributed by atoms with Crippen molar-refractivity contribution in [2.24, 2.45) is 5.92 Å². The molecule has 16 heavy (non-hydrogen) atoms. The molecule has 0 amide bonds. The summed E-state index contributed by atoms with van der Waals surface area (Å²) < 4.78 is 5.58. The molecule has 0 heterocycles. The third-order valence-corrected chi connectivity index (χ3v) is 3.43. The second kappa shape index (κ2) is 7.70. The second-order valence-corrected chi connectivity index (χ2v) is 5.08. The number of rotatable bonds is 8. The van der Waals surface area contributed by atoms with E-state index in [2.05, 4.69) is 27.7 Å². The van der Waals surface area contributed by atoms with Gasteiger partial charge in [-0.1, -0.05) is 34.1 Å². The fraction of sp³-hybridized carbons (Fsp3) is 0.929. The fourth-order valence-corrected chi connectivity index (χ4v) is 1.59. The number of esters is 1. The summed E-state index contributed by atoms with van der Waals surface area (Å²) in [7, 11) is 0. The highest BCUT2D eigenvalue weighted by Crippen LogP contribution is 2.25. The third kappa shape index (κ3) is 6.14. The van der Waals surface area contributed by atoms with Gasteiger partial charge >= 0.3 is 5.97 Å². The quantitative estimate of drug-likeness (QED) is 0.578. The minimum absolute atomic E-state index is 0.0454. The molecule has 0 saturated carbocycles. The molecular weight excluding hydrogens is 200 g/mol. The van der Waals surface area contributed by atoms with Gasteiger partial charge in [0.15, 0.2) is 0 Å². The topological polar surface area (TPSA) is 26.3 Å². The van der Waals surface area contributed by atoms with Crippen molar-refractivity contribution in [3.63, 3.8) is 0 Å². The second-order valence-electron chi connectivity index (χ2n) is 5.08. The van der Waals surface area contributed by atoms with E-state index in [1.165, 1.54) is 6.42 Å². The van der Waals surface area contributed by atoms with Crippen molar-refractivity contribution in [2.75, 3.05) is 0 Å². The maximum Gasteiger partial charge on any atom is 0.306 e. The van der Waals surface area contributed by atoms with Crippen LogP contribution in [-0.2, 0) is 9.53 Å². The van der Waals surface area contributed by atoms with Gasteiger partial charge in [-0.05, 0) is 38.5 Å². The molecule has 0 rings (SSSR count). The van der Waals surface area contributed by atoms with E-state index in [4.69, 9.17) is 4.74 Å². The summed E-state index contributed by atoms with van der Waals surface area (Å²) in [6.45, 7) is 10.6. The first-order valence-corrected chi connectivity index (χ1v) is 6.69.